The third kappa shape index (κ3) is 4.17. The summed E-state index contributed by atoms with van der Waals surface area (Å²) in [5.41, 5.74) is 3.49. The summed E-state index contributed by atoms with van der Waals surface area (Å²) in [5, 5.41) is 16.9. The first-order chi connectivity index (χ1) is 11.9. The Hall–Kier alpha value is -2.41. The molecule has 7 heteroatoms. The summed E-state index contributed by atoms with van der Waals surface area (Å²) in [6, 6.07) is 1.93. The van der Waals surface area contributed by atoms with Gasteiger partial charge < -0.3 is 10.4 Å². The summed E-state index contributed by atoms with van der Waals surface area (Å²) in [6.45, 7) is 6.61. The van der Waals surface area contributed by atoms with Crippen molar-refractivity contribution < 1.29 is 9.90 Å². The van der Waals surface area contributed by atoms with Crippen molar-refractivity contribution in [2.45, 2.75) is 39.3 Å². The van der Waals surface area contributed by atoms with E-state index in [1.165, 1.54) is 5.56 Å². The molecule has 3 heterocycles. The first kappa shape index (κ1) is 17.4. The second kappa shape index (κ2) is 7.23. The van der Waals surface area contributed by atoms with E-state index < -0.39 is 5.97 Å². The maximum Gasteiger partial charge on any atom is 0.339 e. The van der Waals surface area contributed by atoms with Gasteiger partial charge in [-0.05, 0) is 31.9 Å². The molecule has 25 heavy (non-hydrogen) atoms. The van der Waals surface area contributed by atoms with Crippen LogP contribution >= 0.6 is 0 Å². The molecule has 2 N–H and O–H groups in total. The van der Waals surface area contributed by atoms with Crippen molar-refractivity contribution in [3.63, 3.8) is 0 Å². The standard InChI is InChI=1S/C18H25N5O2/c1-12(2)20-17-15(18(24)25)8-14-4-6-23(7-5-16(14)21-17)11-13-9-19-22(3)10-13/h8-10,12H,4-7,11H2,1-3H3,(H,20,21)(H,24,25). The van der Waals surface area contributed by atoms with Crippen LogP contribution in [0, 0.1) is 0 Å². The van der Waals surface area contributed by atoms with Crippen LogP contribution in [0.15, 0.2) is 18.5 Å². The van der Waals surface area contributed by atoms with E-state index >= 15 is 0 Å². The number of carboxylic acid groups (broad SMARTS) is 1. The van der Waals surface area contributed by atoms with E-state index in [0.717, 1.165) is 43.7 Å². The van der Waals surface area contributed by atoms with Crippen molar-refractivity contribution >= 4 is 11.8 Å². The minimum Gasteiger partial charge on any atom is -0.478 e. The Morgan fingerprint density at radius 3 is 2.76 bits per heavy atom. The third-order valence-electron chi connectivity index (χ3n) is 4.37. The molecule has 1 aliphatic rings. The molecular formula is C18H25N5O2. The lowest BCUT2D eigenvalue weighted by molar-refractivity contribution is 0.0697. The summed E-state index contributed by atoms with van der Waals surface area (Å²) in [4.78, 5) is 18.6. The highest BCUT2D eigenvalue weighted by Crippen LogP contribution is 2.23. The van der Waals surface area contributed by atoms with Crippen molar-refractivity contribution in [3.8, 4) is 0 Å². The lowest BCUT2D eigenvalue weighted by Crippen LogP contribution is -2.25. The van der Waals surface area contributed by atoms with Crippen molar-refractivity contribution in [1.29, 1.82) is 0 Å². The van der Waals surface area contributed by atoms with Gasteiger partial charge in [-0.1, -0.05) is 0 Å². The van der Waals surface area contributed by atoms with Crippen LogP contribution in [0.2, 0.25) is 0 Å². The highest BCUT2D eigenvalue weighted by Gasteiger charge is 2.21. The van der Waals surface area contributed by atoms with Crippen molar-refractivity contribution in [2.75, 3.05) is 18.4 Å². The Morgan fingerprint density at radius 2 is 2.12 bits per heavy atom. The molecule has 0 unspecified atom stereocenters. The Kier molecular flexibility index (Phi) is 5.03. The van der Waals surface area contributed by atoms with Crippen LogP contribution in [0.25, 0.3) is 0 Å². The van der Waals surface area contributed by atoms with E-state index in [1.54, 1.807) is 6.07 Å². The maximum atomic E-state index is 11.6. The van der Waals surface area contributed by atoms with Crippen LogP contribution in [0.1, 0.15) is 41.0 Å². The van der Waals surface area contributed by atoms with E-state index in [4.69, 9.17) is 0 Å². The molecule has 0 fully saturated rings. The third-order valence-corrected chi connectivity index (χ3v) is 4.37. The molecule has 1 aliphatic heterocycles. The fraction of sp³-hybridized carbons (Fsp3) is 0.500. The van der Waals surface area contributed by atoms with Crippen LogP contribution in [-0.2, 0) is 26.4 Å². The smallest absolute Gasteiger partial charge is 0.339 e. The van der Waals surface area contributed by atoms with Gasteiger partial charge in [-0.2, -0.15) is 5.10 Å². The number of rotatable bonds is 5. The van der Waals surface area contributed by atoms with Gasteiger partial charge in [0.15, 0.2) is 0 Å². The zero-order valence-electron chi connectivity index (χ0n) is 15.0. The Labute approximate surface area is 147 Å². The summed E-state index contributed by atoms with van der Waals surface area (Å²) < 4.78 is 1.81. The number of fused-ring (bicyclic) bond motifs is 1. The highest BCUT2D eigenvalue weighted by atomic mass is 16.4. The molecule has 0 saturated heterocycles. The molecule has 0 spiro atoms. The molecule has 2 aromatic rings. The Morgan fingerprint density at radius 1 is 1.36 bits per heavy atom. The monoisotopic (exact) mass is 343 g/mol. The van der Waals surface area contributed by atoms with Crippen LogP contribution < -0.4 is 5.32 Å². The van der Waals surface area contributed by atoms with E-state index in [0.29, 0.717) is 5.82 Å². The predicted molar refractivity (Wildman–Crippen MR) is 95.8 cm³/mol. The number of anilines is 1. The number of nitrogens with zero attached hydrogens (tertiary/aromatic N) is 4. The highest BCUT2D eigenvalue weighted by molar-refractivity contribution is 5.93. The number of aryl methyl sites for hydroxylation is 1. The van der Waals surface area contributed by atoms with Gasteiger partial charge in [0.25, 0.3) is 0 Å². The number of aromatic carboxylic acids is 1. The molecule has 0 saturated carbocycles. The number of nitrogens with one attached hydrogen (secondary N) is 1. The quantitative estimate of drug-likeness (QED) is 0.863. The molecular weight excluding hydrogens is 318 g/mol. The SMILES string of the molecule is CC(C)Nc1nc2c(cc1C(=O)O)CCN(Cc1cnn(C)c1)CC2. The van der Waals surface area contributed by atoms with Crippen molar-refractivity contribution in [1.82, 2.24) is 19.7 Å². The van der Waals surface area contributed by atoms with Crippen molar-refractivity contribution in [3.05, 3.63) is 40.8 Å². The molecule has 0 radical (unpaired) electrons. The van der Waals surface area contributed by atoms with Gasteiger partial charge in [0, 0.05) is 56.6 Å². The van der Waals surface area contributed by atoms with E-state index in [1.807, 2.05) is 38.0 Å². The number of carbonyl (C=O) groups is 1. The second-order valence-corrected chi connectivity index (χ2v) is 6.89. The molecule has 0 bridgehead atoms. The number of hydrogen-bond acceptors (Lipinski definition) is 5. The fourth-order valence-electron chi connectivity index (χ4n) is 3.20. The van der Waals surface area contributed by atoms with Crippen LogP contribution in [0.4, 0.5) is 5.82 Å². The Bertz CT molecular complexity index is 769. The van der Waals surface area contributed by atoms with Gasteiger partial charge in [0.2, 0.25) is 0 Å². The molecule has 0 atom stereocenters. The van der Waals surface area contributed by atoms with Gasteiger partial charge in [0.05, 0.1) is 6.20 Å². The molecule has 3 rings (SSSR count). The van der Waals surface area contributed by atoms with Gasteiger partial charge in [-0.25, -0.2) is 9.78 Å². The maximum absolute atomic E-state index is 11.6. The summed E-state index contributed by atoms with van der Waals surface area (Å²) in [6.07, 6.45) is 5.56. The summed E-state index contributed by atoms with van der Waals surface area (Å²) >= 11 is 0. The summed E-state index contributed by atoms with van der Waals surface area (Å²) in [5.74, 6) is -0.461. The van der Waals surface area contributed by atoms with Gasteiger partial charge in [0.1, 0.15) is 11.4 Å². The van der Waals surface area contributed by atoms with Crippen LogP contribution in [0.3, 0.4) is 0 Å². The minimum atomic E-state index is -0.935. The molecule has 0 aliphatic carbocycles. The van der Waals surface area contributed by atoms with Gasteiger partial charge in [-0.15, -0.1) is 0 Å². The molecule has 134 valence electrons. The zero-order chi connectivity index (χ0) is 18.0. The summed E-state index contributed by atoms with van der Waals surface area (Å²) in [7, 11) is 1.92. The van der Waals surface area contributed by atoms with E-state index in [-0.39, 0.29) is 11.6 Å². The number of aromatic nitrogens is 3. The average molecular weight is 343 g/mol. The minimum absolute atomic E-state index is 0.136. The number of carboxylic acids is 1. The lowest BCUT2D eigenvalue weighted by atomic mass is 10.1. The van der Waals surface area contributed by atoms with Crippen LogP contribution in [-0.4, -0.2) is 49.9 Å². The fourth-order valence-corrected chi connectivity index (χ4v) is 3.20. The van der Waals surface area contributed by atoms with Gasteiger partial charge in [-0.3, -0.25) is 9.58 Å². The van der Waals surface area contributed by atoms with Crippen molar-refractivity contribution in [2.24, 2.45) is 7.05 Å². The normalized spacial score (nSPS) is 15.0. The topological polar surface area (TPSA) is 83.3 Å². The first-order valence-electron chi connectivity index (χ1n) is 8.65. The number of hydrogen-bond donors (Lipinski definition) is 2. The molecule has 2 aromatic heterocycles. The molecule has 7 nitrogen and oxygen atoms in total. The molecule has 0 amide bonds. The lowest BCUT2D eigenvalue weighted by Gasteiger charge is -2.18. The van der Waals surface area contributed by atoms with Gasteiger partial charge >= 0.3 is 5.97 Å². The average Bonchev–Trinajstić information content (AvgIpc) is 2.84. The Balaban J connectivity index is 1.79. The number of pyridine rings is 1. The van der Waals surface area contributed by atoms with E-state index in [2.05, 4.69) is 20.3 Å². The largest absolute Gasteiger partial charge is 0.478 e. The molecule has 0 aromatic carbocycles. The predicted octanol–water partition coefficient (Wildman–Crippen LogP) is 1.93. The zero-order valence-corrected chi connectivity index (χ0v) is 15.0. The van der Waals surface area contributed by atoms with E-state index in [9.17, 15) is 9.90 Å². The first-order valence-corrected chi connectivity index (χ1v) is 8.65. The van der Waals surface area contributed by atoms with Crippen LogP contribution in [0.5, 0.6) is 0 Å². The second-order valence-electron chi connectivity index (χ2n) is 6.89.